The number of benzene rings is 3. The Kier molecular flexibility index (Phi) is 5.08. The fourth-order valence-electron chi connectivity index (χ4n) is 2.52. The molecule has 0 aliphatic heterocycles. The lowest BCUT2D eigenvalue weighted by atomic mass is 10.0. The SMILES string of the molecule is COc1ccc(COc2ccc(-c3ccc(O)c(C(=O)O)c3)cc2)cc1. The van der Waals surface area contributed by atoms with E-state index in [1.807, 2.05) is 48.5 Å². The second-order valence-corrected chi connectivity index (χ2v) is 5.70. The van der Waals surface area contributed by atoms with Gasteiger partial charge in [-0.3, -0.25) is 0 Å². The van der Waals surface area contributed by atoms with E-state index in [1.165, 1.54) is 12.1 Å². The number of aromatic carboxylic acids is 1. The van der Waals surface area contributed by atoms with Crippen molar-refractivity contribution < 1.29 is 24.5 Å². The van der Waals surface area contributed by atoms with Gasteiger partial charge < -0.3 is 19.7 Å². The van der Waals surface area contributed by atoms with Crippen LogP contribution in [0, 0.1) is 0 Å². The van der Waals surface area contributed by atoms with Crippen molar-refractivity contribution in [1.29, 1.82) is 0 Å². The lowest BCUT2D eigenvalue weighted by Gasteiger charge is -2.09. The number of hydrogen-bond donors (Lipinski definition) is 2. The van der Waals surface area contributed by atoms with E-state index < -0.39 is 5.97 Å². The Hall–Kier alpha value is -3.47. The number of aromatic hydroxyl groups is 1. The number of methoxy groups -OCH3 is 1. The van der Waals surface area contributed by atoms with Crippen LogP contribution < -0.4 is 9.47 Å². The molecule has 3 rings (SSSR count). The highest BCUT2D eigenvalue weighted by molar-refractivity contribution is 5.92. The molecule has 0 bridgehead atoms. The van der Waals surface area contributed by atoms with Gasteiger partial charge in [0.1, 0.15) is 29.4 Å². The molecule has 0 atom stereocenters. The average molecular weight is 350 g/mol. The van der Waals surface area contributed by atoms with Gasteiger partial charge in [-0.1, -0.05) is 30.3 Å². The number of carboxylic acids is 1. The molecule has 0 spiro atoms. The summed E-state index contributed by atoms with van der Waals surface area (Å²) in [7, 11) is 1.63. The molecule has 0 heterocycles. The number of phenols is 1. The summed E-state index contributed by atoms with van der Waals surface area (Å²) in [5, 5.41) is 18.7. The minimum absolute atomic E-state index is 0.123. The Labute approximate surface area is 151 Å². The molecule has 0 saturated heterocycles. The molecule has 0 fully saturated rings. The molecule has 0 aromatic heterocycles. The van der Waals surface area contributed by atoms with Gasteiger partial charge >= 0.3 is 5.97 Å². The van der Waals surface area contributed by atoms with Crippen LogP contribution in [0.15, 0.2) is 66.7 Å². The van der Waals surface area contributed by atoms with Crippen LogP contribution in [0.3, 0.4) is 0 Å². The van der Waals surface area contributed by atoms with E-state index in [9.17, 15) is 9.90 Å². The van der Waals surface area contributed by atoms with Gasteiger partial charge in [-0.15, -0.1) is 0 Å². The van der Waals surface area contributed by atoms with Crippen LogP contribution in [-0.2, 0) is 6.61 Å². The predicted molar refractivity (Wildman–Crippen MR) is 97.8 cm³/mol. The van der Waals surface area contributed by atoms with Crippen molar-refractivity contribution in [3.63, 3.8) is 0 Å². The molecule has 0 unspecified atom stereocenters. The molecule has 5 nitrogen and oxygen atoms in total. The molecule has 0 radical (unpaired) electrons. The molecular weight excluding hydrogens is 332 g/mol. The highest BCUT2D eigenvalue weighted by atomic mass is 16.5. The van der Waals surface area contributed by atoms with Gasteiger partial charge in [0, 0.05) is 0 Å². The van der Waals surface area contributed by atoms with Crippen LogP contribution in [-0.4, -0.2) is 23.3 Å². The highest BCUT2D eigenvalue weighted by Gasteiger charge is 2.11. The summed E-state index contributed by atoms with van der Waals surface area (Å²) in [5.74, 6) is 0.0963. The Morgan fingerprint density at radius 3 is 2.12 bits per heavy atom. The maximum atomic E-state index is 11.1. The molecule has 5 heteroatoms. The maximum absolute atomic E-state index is 11.1. The molecule has 2 N–H and O–H groups in total. The van der Waals surface area contributed by atoms with E-state index in [0.717, 1.165) is 16.9 Å². The largest absolute Gasteiger partial charge is 0.507 e. The Balaban J connectivity index is 1.70. The van der Waals surface area contributed by atoms with Crippen molar-refractivity contribution in [2.45, 2.75) is 6.61 Å². The van der Waals surface area contributed by atoms with Gasteiger partial charge in [0.15, 0.2) is 0 Å². The lowest BCUT2D eigenvalue weighted by Crippen LogP contribution is -1.97. The molecule has 3 aromatic carbocycles. The molecule has 0 aliphatic rings. The van der Waals surface area contributed by atoms with E-state index in [1.54, 1.807) is 13.2 Å². The first-order valence-electron chi connectivity index (χ1n) is 7.99. The topological polar surface area (TPSA) is 76.0 Å². The summed E-state index contributed by atoms with van der Waals surface area (Å²) in [4.78, 5) is 11.1. The molecule has 0 saturated carbocycles. The molecule has 0 amide bonds. The minimum atomic E-state index is -1.16. The summed E-state index contributed by atoms with van der Waals surface area (Å²) in [6.07, 6.45) is 0. The first kappa shape index (κ1) is 17.4. The number of carboxylic acid groups (broad SMARTS) is 1. The zero-order valence-electron chi connectivity index (χ0n) is 14.2. The Morgan fingerprint density at radius 2 is 1.50 bits per heavy atom. The number of hydrogen-bond acceptors (Lipinski definition) is 4. The monoisotopic (exact) mass is 350 g/mol. The van der Waals surface area contributed by atoms with E-state index in [-0.39, 0.29) is 11.3 Å². The average Bonchev–Trinajstić information content (AvgIpc) is 2.67. The second-order valence-electron chi connectivity index (χ2n) is 5.70. The zero-order chi connectivity index (χ0) is 18.5. The zero-order valence-corrected chi connectivity index (χ0v) is 14.2. The smallest absolute Gasteiger partial charge is 0.339 e. The first-order valence-corrected chi connectivity index (χ1v) is 7.99. The third-order valence-electron chi connectivity index (χ3n) is 3.98. The van der Waals surface area contributed by atoms with E-state index in [4.69, 9.17) is 14.6 Å². The van der Waals surface area contributed by atoms with Crippen molar-refractivity contribution in [2.24, 2.45) is 0 Å². The molecule has 132 valence electrons. The molecule has 3 aromatic rings. The summed E-state index contributed by atoms with van der Waals surface area (Å²) >= 11 is 0. The maximum Gasteiger partial charge on any atom is 0.339 e. The lowest BCUT2D eigenvalue weighted by molar-refractivity contribution is 0.0694. The number of ether oxygens (including phenoxy) is 2. The van der Waals surface area contributed by atoms with Gasteiger partial charge in [0.05, 0.1) is 7.11 Å². The van der Waals surface area contributed by atoms with Crippen LogP contribution in [0.4, 0.5) is 0 Å². The van der Waals surface area contributed by atoms with Gasteiger partial charge in [0.25, 0.3) is 0 Å². The van der Waals surface area contributed by atoms with Crippen LogP contribution in [0.2, 0.25) is 0 Å². The normalized spacial score (nSPS) is 10.3. The summed E-state index contributed by atoms with van der Waals surface area (Å²) in [6.45, 7) is 0.436. The van der Waals surface area contributed by atoms with E-state index in [2.05, 4.69) is 0 Å². The van der Waals surface area contributed by atoms with Gasteiger partial charge in [-0.25, -0.2) is 4.79 Å². The summed E-state index contributed by atoms with van der Waals surface area (Å²) in [6, 6.07) is 19.5. The Bertz CT molecular complexity index is 899. The van der Waals surface area contributed by atoms with Crippen molar-refractivity contribution >= 4 is 5.97 Å². The molecular formula is C21H18O5. The standard InChI is InChI=1S/C21H18O5/c1-25-17-7-2-14(3-8-17)13-26-18-9-4-15(5-10-18)16-6-11-20(22)19(12-16)21(23)24/h2-12,22H,13H2,1H3,(H,23,24). The fourth-order valence-corrected chi connectivity index (χ4v) is 2.52. The summed E-state index contributed by atoms with van der Waals surface area (Å²) in [5.41, 5.74) is 2.45. The van der Waals surface area contributed by atoms with Gasteiger partial charge in [0.2, 0.25) is 0 Å². The van der Waals surface area contributed by atoms with Crippen LogP contribution in [0.1, 0.15) is 15.9 Å². The second kappa shape index (κ2) is 7.61. The number of carbonyl (C=O) groups is 1. The van der Waals surface area contributed by atoms with Crippen molar-refractivity contribution in [1.82, 2.24) is 0 Å². The van der Waals surface area contributed by atoms with Crippen molar-refractivity contribution in [3.05, 3.63) is 77.9 Å². The fraction of sp³-hybridized carbons (Fsp3) is 0.0952. The third kappa shape index (κ3) is 3.95. The van der Waals surface area contributed by atoms with Crippen LogP contribution in [0.5, 0.6) is 17.2 Å². The third-order valence-corrected chi connectivity index (χ3v) is 3.98. The molecule has 26 heavy (non-hydrogen) atoms. The first-order chi connectivity index (χ1) is 12.6. The number of rotatable bonds is 6. The Morgan fingerprint density at radius 1 is 0.885 bits per heavy atom. The quantitative estimate of drug-likeness (QED) is 0.691. The van der Waals surface area contributed by atoms with Crippen LogP contribution >= 0.6 is 0 Å². The van der Waals surface area contributed by atoms with Crippen molar-refractivity contribution in [3.8, 4) is 28.4 Å². The predicted octanol–water partition coefficient (Wildman–Crippen LogP) is 4.35. The molecule has 0 aliphatic carbocycles. The van der Waals surface area contributed by atoms with Crippen molar-refractivity contribution in [2.75, 3.05) is 7.11 Å². The minimum Gasteiger partial charge on any atom is -0.507 e. The van der Waals surface area contributed by atoms with E-state index >= 15 is 0 Å². The van der Waals surface area contributed by atoms with E-state index in [0.29, 0.717) is 17.9 Å². The summed E-state index contributed by atoms with van der Waals surface area (Å²) < 4.78 is 10.9. The van der Waals surface area contributed by atoms with Gasteiger partial charge in [-0.05, 0) is 53.1 Å². The highest BCUT2D eigenvalue weighted by Crippen LogP contribution is 2.27. The van der Waals surface area contributed by atoms with Crippen LogP contribution in [0.25, 0.3) is 11.1 Å². The van der Waals surface area contributed by atoms with Gasteiger partial charge in [-0.2, -0.15) is 0 Å².